The molecular formula is C31H44N2O5. The average molecular weight is 525 g/mol. The molecule has 0 saturated carbocycles. The van der Waals surface area contributed by atoms with Gasteiger partial charge < -0.3 is 19.3 Å². The fourth-order valence-corrected chi connectivity index (χ4v) is 3.68. The lowest BCUT2D eigenvalue weighted by Crippen LogP contribution is -2.06. The second-order valence-corrected chi connectivity index (χ2v) is 9.49. The number of benzene rings is 2. The van der Waals surface area contributed by atoms with E-state index in [-0.39, 0.29) is 11.7 Å². The molecule has 0 aliphatic heterocycles. The number of phenolic OH excluding ortho intramolecular Hbond substituents is 1. The Hall–Kier alpha value is -3.35. The molecule has 208 valence electrons. The van der Waals surface area contributed by atoms with Gasteiger partial charge >= 0.3 is 5.97 Å². The van der Waals surface area contributed by atoms with Gasteiger partial charge in [-0.15, -0.1) is 5.11 Å². The maximum atomic E-state index is 11.3. The van der Waals surface area contributed by atoms with Gasteiger partial charge in [-0.05, 0) is 75.4 Å². The number of carbonyl (C=O) groups excluding carboxylic acids is 1. The van der Waals surface area contributed by atoms with Crippen LogP contribution in [0.25, 0.3) is 0 Å². The molecule has 0 amide bonds. The highest BCUT2D eigenvalue weighted by Crippen LogP contribution is 2.32. The van der Waals surface area contributed by atoms with E-state index in [2.05, 4.69) is 23.7 Å². The number of esters is 1. The van der Waals surface area contributed by atoms with E-state index in [1.165, 1.54) is 38.5 Å². The minimum atomic E-state index is -0.340. The van der Waals surface area contributed by atoms with Gasteiger partial charge in [0.1, 0.15) is 22.9 Å². The zero-order chi connectivity index (χ0) is 27.4. The van der Waals surface area contributed by atoms with Crippen LogP contribution in [0.1, 0.15) is 84.5 Å². The largest absolute Gasteiger partial charge is 0.505 e. The quantitative estimate of drug-likeness (QED) is 0.0808. The van der Waals surface area contributed by atoms with E-state index in [1.54, 1.807) is 25.1 Å². The van der Waals surface area contributed by atoms with Crippen molar-refractivity contribution in [3.8, 4) is 17.2 Å². The van der Waals surface area contributed by atoms with Crippen molar-refractivity contribution in [2.45, 2.75) is 84.5 Å². The van der Waals surface area contributed by atoms with Crippen LogP contribution in [-0.4, -0.2) is 30.9 Å². The molecule has 0 unspecified atom stereocenters. The van der Waals surface area contributed by atoms with Gasteiger partial charge in [-0.25, -0.2) is 4.79 Å². The molecule has 2 rings (SSSR count). The molecule has 0 radical (unpaired) electrons. The molecule has 0 aliphatic carbocycles. The topological polar surface area (TPSA) is 89.7 Å². The Morgan fingerprint density at radius 3 is 1.92 bits per heavy atom. The van der Waals surface area contributed by atoms with E-state index < -0.39 is 0 Å². The van der Waals surface area contributed by atoms with Crippen LogP contribution in [0.2, 0.25) is 0 Å². The molecule has 0 aromatic heterocycles. The molecule has 0 heterocycles. The number of aromatic hydroxyl groups is 1. The van der Waals surface area contributed by atoms with Crippen LogP contribution in [0.5, 0.6) is 17.2 Å². The fraction of sp³-hybridized carbons (Fsp3) is 0.516. The van der Waals surface area contributed by atoms with Crippen molar-refractivity contribution >= 4 is 17.3 Å². The summed E-state index contributed by atoms with van der Waals surface area (Å²) in [5, 5.41) is 18.7. The molecule has 7 heteroatoms. The molecular weight excluding hydrogens is 480 g/mol. The Kier molecular flexibility index (Phi) is 15.3. The number of azo groups is 1. The lowest BCUT2D eigenvalue weighted by Gasteiger charge is -2.08. The number of nitrogens with zero attached hydrogens (tertiary/aromatic N) is 2. The van der Waals surface area contributed by atoms with E-state index in [0.29, 0.717) is 35.9 Å². The summed E-state index contributed by atoms with van der Waals surface area (Å²) >= 11 is 0. The minimum Gasteiger partial charge on any atom is -0.505 e. The third-order valence-electron chi connectivity index (χ3n) is 5.96. The number of unbranched alkanes of at least 4 members (excludes halogenated alkanes) is 9. The van der Waals surface area contributed by atoms with Gasteiger partial charge in [-0.1, -0.05) is 52.0 Å². The van der Waals surface area contributed by atoms with Gasteiger partial charge in [0.15, 0.2) is 0 Å². The molecule has 0 saturated heterocycles. The van der Waals surface area contributed by atoms with E-state index in [4.69, 9.17) is 14.2 Å². The highest BCUT2D eigenvalue weighted by Gasteiger charge is 2.04. The molecule has 7 nitrogen and oxygen atoms in total. The van der Waals surface area contributed by atoms with E-state index in [9.17, 15) is 9.90 Å². The second kappa shape index (κ2) is 18.8. The third kappa shape index (κ3) is 13.3. The number of ether oxygens (including phenoxy) is 3. The van der Waals surface area contributed by atoms with Crippen LogP contribution in [0.3, 0.4) is 0 Å². The molecule has 2 aromatic carbocycles. The summed E-state index contributed by atoms with van der Waals surface area (Å²) < 4.78 is 16.6. The summed E-state index contributed by atoms with van der Waals surface area (Å²) in [6.07, 6.45) is 12.4. The Morgan fingerprint density at radius 1 is 0.763 bits per heavy atom. The van der Waals surface area contributed by atoms with Gasteiger partial charge in [0.05, 0.1) is 25.5 Å². The maximum Gasteiger partial charge on any atom is 0.333 e. The highest BCUT2D eigenvalue weighted by molar-refractivity contribution is 5.86. The van der Waals surface area contributed by atoms with Crippen molar-refractivity contribution < 1.29 is 24.1 Å². The van der Waals surface area contributed by atoms with Crippen molar-refractivity contribution in [3.05, 3.63) is 54.6 Å². The zero-order valence-corrected chi connectivity index (χ0v) is 23.1. The Labute approximate surface area is 227 Å². The Morgan fingerprint density at radius 2 is 1.32 bits per heavy atom. The average Bonchev–Trinajstić information content (AvgIpc) is 2.91. The van der Waals surface area contributed by atoms with Crippen molar-refractivity contribution in [3.63, 3.8) is 0 Å². The van der Waals surface area contributed by atoms with Crippen molar-refractivity contribution in [1.29, 1.82) is 0 Å². The van der Waals surface area contributed by atoms with Crippen LogP contribution < -0.4 is 9.47 Å². The van der Waals surface area contributed by atoms with E-state index in [0.717, 1.165) is 44.5 Å². The number of rotatable bonds is 20. The normalized spacial score (nSPS) is 11.0. The van der Waals surface area contributed by atoms with Gasteiger partial charge in [0.2, 0.25) is 0 Å². The SMILES string of the molecule is C=C(C)C(=O)OCCCCCCOc1ccc(N=Nc2ccc(OCCCCCCCCC)cc2)c(O)c1. The molecule has 38 heavy (non-hydrogen) atoms. The number of carbonyl (C=O) groups is 1. The van der Waals surface area contributed by atoms with Gasteiger partial charge in [0, 0.05) is 11.6 Å². The zero-order valence-electron chi connectivity index (χ0n) is 23.1. The van der Waals surface area contributed by atoms with Crippen LogP contribution in [0, 0.1) is 0 Å². The molecule has 2 aromatic rings. The molecule has 0 spiro atoms. The first-order valence-electron chi connectivity index (χ1n) is 13.9. The van der Waals surface area contributed by atoms with Crippen LogP contribution in [0.15, 0.2) is 64.8 Å². The number of hydrogen-bond acceptors (Lipinski definition) is 7. The van der Waals surface area contributed by atoms with Crippen molar-refractivity contribution in [2.75, 3.05) is 19.8 Å². The van der Waals surface area contributed by atoms with Crippen molar-refractivity contribution in [2.24, 2.45) is 10.2 Å². The maximum absolute atomic E-state index is 11.3. The van der Waals surface area contributed by atoms with Crippen LogP contribution in [-0.2, 0) is 9.53 Å². The summed E-state index contributed by atoms with van der Waals surface area (Å²) in [4.78, 5) is 11.3. The number of phenols is 1. The first kappa shape index (κ1) is 30.9. The summed E-state index contributed by atoms with van der Waals surface area (Å²) in [5.41, 5.74) is 1.48. The molecule has 0 bridgehead atoms. The third-order valence-corrected chi connectivity index (χ3v) is 5.96. The first-order chi connectivity index (χ1) is 18.5. The lowest BCUT2D eigenvalue weighted by molar-refractivity contribution is -0.139. The molecule has 0 aliphatic rings. The summed E-state index contributed by atoms with van der Waals surface area (Å²) in [6, 6.07) is 12.5. The smallest absolute Gasteiger partial charge is 0.333 e. The molecule has 0 atom stereocenters. The van der Waals surface area contributed by atoms with Gasteiger partial charge in [0.25, 0.3) is 0 Å². The Bertz CT molecular complexity index is 988. The van der Waals surface area contributed by atoms with E-state index in [1.807, 2.05) is 24.3 Å². The minimum absolute atomic E-state index is 0.0141. The second-order valence-electron chi connectivity index (χ2n) is 9.49. The first-order valence-corrected chi connectivity index (χ1v) is 13.9. The number of hydrogen-bond donors (Lipinski definition) is 1. The van der Waals surface area contributed by atoms with Gasteiger partial charge in [-0.3, -0.25) is 0 Å². The van der Waals surface area contributed by atoms with Crippen molar-refractivity contribution in [1.82, 2.24) is 0 Å². The molecule has 1 N–H and O–H groups in total. The standard InChI is InChI=1S/C31H44N2O5/c1-4-5-6-7-8-9-12-21-36-27-17-15-26(16-18-27)32-33-29-20-19-28(24-30(29)34)37-22-13-10-11-14-23-38-31(35)25(2)3/h15-20,24,34H,2,4-14,21-23H2,1,3H3. The summed E-state index contributed by atoms with van der Waals surface area (Å²) in [7, 11) is 0. The van der Waals surface area contributed by atoms with Crippen LogP contribution >= 0.6 is 0 Å². The Balaban J connectivity index is 1.63. The van der Waals surface area contributed by atoms with Gasteiger partial charge in [-0.2, -0.15) is 5.11 Å². The van der Waals surface area contributed by atoms with E-state index >= 15 is 0 Å². The fourth-order valence-electron chi connectivity index (χ4n) is 3.68. The molecule has 0 fully saturated rings. The predicted molar refractivity (Wildman–Crippen MR) is 152 cm³/mol. The predicted octanol–water partition coefficient (Wildman–Crippen LogP) is 9.00. The monoisotopic (exact) mass is 524 g/mol. The van der Waals surface area contributed by atoms with Crippen LogP contribution in [0.4, 0.5) is 11.4 Å². The summed E-state index contributed by atoms with van der Waals surface area (Å²) in [5.74, 6) is 1.08. The summed E-state index contributed by atoms with van der Waals surface area (Å²) in [6.45, 7) is 9.11. The lowest BCUT2D eigenvalue weighted by atomic mass is 10.1. The highest BCUT2D eigenvalue weighted by atomic mass is 16.5.